The van der Waals surface area contributed by atoms with Gasteiger partial charge in [0.25, 0.3) is 0 Å². The van der Waals surface area contributed by atoms with Crippen molar-refractivity contribution in [2.24, 2.45) is 11.7 Å². The topological polar surface area (TPSA) is 63.3 Å². The molecule has 1 aromatic carbocycles. The molecule has 0 unspecified atom stereocenters. The highest BCUT2D eigenvalue weighted by molar-refractivity contribution is 5.68. The second-order valence-corrected chi connectivity index (χ2v) is 4.44. The van der Waals surface area contributed by atoms with Crippen molar-refractivity contribution in [3.05, 3.63) is 35.9 Å². The average molecular weight is 221 g/mol. The van der Waals surface area contributed by atoms with Gasteiger partial charge in [0.2, 0.25) is 0 Å². The van der Waals surface area contributed by atoms with Crippen LogP contribution in [-0.2, 0) is 4.79 Å². The second-order valence-electron chi connectivity index (χ2n) is 4.44. The van der Waals surface area contributed by atoms with E-state index in [1.54, 1.807) is 0 Å². The predicted molar refractivity (Wildman–Crippen MR) is 64.2 cm³/mol. The van der Waals surface area contributed by atoms with Crippen LogP contribution in [0.3, 0.4) is 0 Å². The highest BCUT2D eigenvalue weighted by Gasteiger charge is 2.24. The Balaban J connectivity index is 2.91. The van der Waals surface area contributed by atoms with Crippen LogP contribution < -0.4 is 5.73 Å². The number of carboxylic acid groups (broad SMARTS) is 1. The third-order valence-corrected chi connectivity index (χ3v) is 2.86. The van der Waals surface area contributed by atoms with Gasteiger partial charge in [0.1, 0.15) is 0 Å². The molecule has 0 radical (unpaired) electrons. The van der Waals surface area contributed by atoms with Crippen LogP contribution in [0.1, 0.15) is 31.7 Å². The molecule has 0 amide bonds. The molecule has 88 valence electrons. The minimum Gasteiger partial charge on any atom is -0.481 e. The molecule has 0 bridgehead atoms. The first kappa shape index (κ1) is 12.7. The van der Waals surface area contributed by atoms with Crippen LogP contribution in [-0.4, -0.2) is 17.1 Å². The molecule has 1 rings (SSSR count). The van der Waals surface area contributed by atoms with Gasteiger partial charge in [-0.15, -0.1) is 0 Å². The molecule has 0 saturated heterocycles. The summed E-state index contributed by atoms with van der Waals surface area (Å²) in [6, 6.07) is 9.50. The van der Waals surface area contributed by atoms with Gasteiger partial charge < -0.3 is 10.8 Å². The smallest absolute Gasteiger partial charge is 0.304 e. The molecule has 3 heteroatoms. The zero-order valence-corrected chi connectivity index (χ0v) is 9.76. The van der Waals surface area contributed by atoms with Crippen molar-refractivity contribution < 1.29 is 9.90 Å². The fourth-order valence-corrected chi connectivity index (χ4v) is 1.83. The first-order chi connectivity index (χ1) is 7.52. The SMILES string of the molecule is CC(C)[C@H](N)[C@H](CC(=O)O)c1ccccc1. The minimum absolute atomic E-state index is 0.0867. The van der Waals surface area contributed by atoms with Crippen molar-refractivity contribution in [1.29, 1.82) is 0 Å². The number of nitrogens with two attached hydrogens (primary N) is 1. The molecule has 0 fully saturated rings. The lowest BCUT2D eigenvalue weighted by Crippen LogP contribution is -2.34. The Labute approximate surface area is 96.3 Å². The lowest BCUT2D eigenvalue weighted by atomic mass is 9.83. The lowest BCUT2D eigenvalue weighted by molar-refractivity contribution is -0.137. The second kappa shape index (κ2) is 5.66. The van der Waals surface area contributed by atoms with E-state index >= 15 is 0 Å². The standard InChI is InChI=1S/C13H19NO2/c1-9(2)13(14)11(8-12(15)16)10-6-4-3-5-7-10/h3-7,9,11,13H,8,14H2,1-2H3,(H,15,16)/t11-,13+/m1/s1. The van der Waals surface area contributed by atoms with Crippen molar-refractivity contribution in [2.45, 2.75) is 32.2 Å². The minimum atomic E-state index is -0.801. The van der Waals surface area contributed by atoms with E-state index in [1.165, 1.54) is 0 Å². The zero-order valence-electron chi connectivity index (χ0n) is 9.76. The normalized spacial score (nSPS) is 14.8. The molecule has 0 spiro atoms. The quantitative estimate of drug-likeness (QED) is 0.801. The lowest BCUT2D eigenvalue weighted by Gasteiger charge is -2.26. The Morgan fingerprint density at radius 3 is 2.31 bits per heavy atom. The van der Waals surface area contributed by atoms with Crippen LogP contribution in [0.4, 0.5) is 0 Å². The monoisotopic (exact) mass is 221 g/mol. The first-order valence-electron chi connectivity index (χ1n) is 5.54. The van der Waals surface area contributed by atoms with Crippen molar-refractivity contribution in [2.75, 3.05) is 0 Å². The van der Waals surface area contributed by atoms with Crippen molar-refractivity contribution in [1.82, 2.24) is 0 Å². The summed E-state index contributed by atoms with van der Waals surface area (Å²) in [4.78, 5) is 10.9. The molecule has 3 nitrogen and oxygen atoms in total. The number of benzene rings is 1. The largest absolute Gasteiger partial charge is 0.481 e. The summed E-state index contributed by atoms with van der Waals surface area (Å²) >= 11 is 0. The van der Waals surface area contributed by atoms with E-state index in [0.717, 1.165) is 5.56 Å². The molecule has 0 aliphatic rings. The van der Waals surface area contributed by atoms with E-state index in [2.05, 4.69) is 0 Å². The van der Waals surface area contributed by atoms with Crippen LogP contribution in [0.25, 0.3) is 0 Å². The Morgan fingerprint density at radius 2 is 1.88 bits per heavy atom. The van der Waals surface area contributed by atoms with Gasteiger partial charge in [-0.2, -0.15) is 0 Å². The van der Waals surface area contributed by atoms with Crippen LogP contribution in [0.15, 0.2) is 30.3 Å². The van der Waals surface area contributed by atoms with Gasteiger partial charge in [-0.3, -0.25) is 4.79 Å². The van der Waals surface area contributed by atoms with Crippen molar-refractivity contribution >= 4 is 5.97 Å². The van der Waals surface area contributed by atoms with Crippen LogP contribution in [0.2, 0.25) is 0 Å². The van der Waals surface area contributed by atoms with Gasteiger partial charge in [-0.1, -0.05) is 44.2 Å². The third kappa shape index (κ3) is 3.35. The van der Waals surface area contributed by atoms with Gasteiger partial charge in [-0.25, -0.2) is 0 Å². The number of hydrogen-bond donors (Lipinski definition) is 2. The number of carboxylic acids is 1. The molecule has 0 saturated carbocycles. The average Bonchev–Trinajstić information content (AvgIpc) is 2.26. The van der Waals surface area contributed by atoms with Gasteiger partial charge in [0.05, 0.1) is 6.42 Å². The van der Waals surface area contributed by atoms with E-state index in [4.69, 9.17) is 10.8 Å². The third-order valence-electron chi connectivity index (χ3n) is 2.86. The zero-order chi connectivity index (χ0) is 12.1. The molecule has 2 atom stereocenters. The van der Waals surface area contributed by atoms with Crippen LogP contribution in [0.5, 0.6) is 0 Å². The number of hydrogen-bond acceptors (Lipinski definition) is 2. The van der Waals surface area contributed by atoms with E-state index in [-0.39, 0.29) is 24.3 Å². The summed E-state index contributed by atoms with van der Waals surface area (Å²) in [6.07, 6.45) is 0.0867. The Kier molecular flexibility index (Phi) is 4.50. The highest BCUT2D eigenvalue weighted by Crippen LogP contribution is 2.26. The van der Waals surface area contributed by atoms with Gasteiger partial charge >= 0.3 is 5.97 Å². The number of aliphatic carboxylic acids is 1. The predicted octanol–water partition coefficient (Wildman–Crippen LogP) is 2.23. The molecule has 16 heavy (non-hydrogen) atoms. The van der Waals surface area contributed by atoms with E-state index in [9.17, 15) is 4.79 Å². The Hall–Kier alpha value is -1.35. The molecule has 0 aromatic heterocycles. The van der Waals surface area contributed by atoms with Crippen LogP contribution in [0, 0.1) is 5.92 Å². The molecule has 0 aliphatic carbocycles. The maximum Gasteiger partial charge on any atom is 0.304 e. The van der Waals surface area contributed by atoms with Crippen molar-refractivity contribution in [3.8, 4) is 0 Å². The van der Waals surface area contributed by atoms with Gasteiger partial charge in [0, 0.05) is 12.0 Å². The van der Waals surface area contributed by atoms with Crippen LogP contribution >= 0.6 is 0 Å². The Bertz CT molecular complexity index is 335. The Morgan fingerprint density at radius 1 is 1.31 bits per heavy atom. The summed E-state index contributed by atoms with van der Waals surface area (Å²) in [7, 11) is 0. The van der Waals surface area contributed by atoms with Gasteiger partial charge in [-0.05, 0) is 11.5 Å². The first-order valence-corrected chi connectivity index (χ1v) is 5.54. The van der Waals surface area contributed by atoms with E-state index in [0.29, 0.717) is 0 Å². The molecular weight excluding hydrogens is 202 g/mol. The summed E-state index contributed by atoms with van der Waals surface area (Å²) in [5.41, 5.74) is 7.08. The molecule has 3 N–H and O–H groups in total. The van der Waals surface area contributed by atoms with Gasteiger partial charge in [0.15, 0.2) is 0 Å². The number of carbonyl (C=O) groups is 1. The summed E-state index contributed by atoms with van der Waals surface area (Å²) in [5.74, 6) is -0.645. The fraction of sp³-hybridized carbons (Fsp3) is 0.462. The highest BCUT2D eigenvalue weighted by atomic mass is 16.4. The number of rotatable bonds is 5. The maximum atomic E-state index is 10.9. The molecule has 0 aliphatic heterocycles. The molecular formula is C13H19NO2. The van der Waals surface area contributed by atoms with E-state index < -0.39 is 5.97 Å². The maximum absolute atomic E-state index is 10.9. The summed E-state index contributed by atoms with van der Waals surface area (Å²) < 4.78 is 0. The fourth-order valence-electron chi connectivity index (χ4n) is 1.83. The summed E-state index contributed by atoms with van der Waals surface area (Å²) in [6.45, 7) is 4.03. The van der Waals surface area contributed by atoms with E-state index in [1.807, 2.05) is 44.2 Å². The van der Waals surface area contributed by atoms with Crippen molar-refractivity contribution in [3.63, 3.8) is 0 Å². The molecule has 0 heterocycles. The summed E-state index contributed by atoms with van der Waals surface area (Å²) in [5, 5.41) is 8.92. The molecule has 1 aromatic rings.